The van der Waals surface area contributed by atoms with Crippen LogP contribution < -0.4 is 11.1 Å². The summed E-state index contributed by atoms with van der Waals surface area (Å²) in [5.41, 5.74) is 7.31. The Morgan fingerprint density at radius 3 is 2.94 bits per heavy atom. The zero-order chi connectivity index (χ0) is 12.8. The van der Waals surface area contributed by atoms with Gasteiger partial charge in [-0.15, -0.1) is 0 Å². The summed E-state index contributed by atoms with van der Waals surface area (Å²) in [6.07, 6.45) is 7.97. The second-order valence-electron chi connectivity index (χ2n) is 5.71. The highest BCUT2D eigenvalue weighted by atomic mass is 16.2. The molecular formula is C13H20N4O. The van der Waals surface area contributed by atoms with E-state index in [1.807, 2.05) is 11.5 Å². The number of nitrogens with zero attached hydrogens (tertiary/aromatic N) is 2. The molecule has 2 fully saturated rings. The van der Waals surface area contributed by atoms with E-state index in [2.05, 4.69) is 10.3 Å². The molecule has 1 aromatic rings. The minimum absolute atomic E-state index is 0.0688. The molecule has 1 heterocycles. The summed E-state index contributed by atoms with van der Waals surface area (Å²) < 4.78 is 1.86. The molecule has 3 rings (SSSR count). The highest BCUT2D eigenvalue weighted by Crippen LogP contribution is 2.54. The molecule has 0 radical (unpaired) electrons. The monoisotopic (exact) mass is 248 g/mol. The van der Waals surface area contributed by atoms with Crippen LogP contribution in [0.3, 0.4) is 0 Å². The molecule has 98 valence electrons. The lowest BCUT2D eigenvalue weighted by atomic mass is 9.50. The molecule has 2 aliphatic carbocycles. The van der Waals surface area contributed by atoms with Crippen molar-refractivity contribution >= 4 is 5.91 Å². The first-order chi connectivity index (χ1) is 8.62. The van der Waals surface area contributed by atoms with Crippen LogP contribution in [0.15, 0.2) is 12.5 Å². The molecule has 0 aromatic carbocycles. The van der Waals surface area contributed by atoms with Gasteiger partial charge >= 0.3 is 0 Å². The van der Waals surface area contributed by atoms with Crippen molar-refractivity contribution in [2.75, 3.05) is 0 Å². The number of nitrogens with one attached hydrogen (secondary N) is 1. The van der Waals surface area contributed by atoms with Crippen LogP contribution >= 0.6 is 0 Å². The standard InChI is InChI=1S/C13H20N4O/c1-9-6-15-8-17(9)7-12(18)16-11-5-10(14)13(11)3-2-4-13/h6,8,10-11H,2-5,7,14H2,1H3,(H,16,18). The smallest absolute Gasteiger partial charge is 0.240 e. The van der Waals surface area contributed by atoms with Gasteiger partial charge in [-0.25, -0.2) is 4.98 Å². The number of carbonyl (C=O) groups excluding carboxylic acids is 1. The van der Waals surface area contributed by atoms with Crippen LogP contribution in [-0.4, -0.2) is 27.5 Å². The number of amides is 1. The van der Waals surface area contributed by atoms with E-state index >= 15 is 0 Å². The van der Waals surface area contributed by atoms with Gasteiger partial charge in [0.2, 0.25) is 5.91 Å². The highest BCUT2D eigenvalue weighted by Gasteiger charge is 2.56. The molecule has 18 heavy (non-hydrogen) atoms. The van der Waals surface area contributed by atoms with Gasteiger partial charge in [0.05, 0.1) is 6.33 Å². The first-order valence-electron chi connectivity index (χ1n) is 6.63. The number of aryl methyl sites for hydroxylation is 1. The van der Waals surface area contributed by atoms with Crippen LogP contribution in [0.5, 0.6) is 0 Å². The molecule has 2 saturated carbocycles. The molecule has 0 bridgehead atoms. The number of nitrogens with two attached hydrogens (primary N) is 1. The van der Waals surface area contributed by atoms with E-state index in [1.54, 1.807) is 12.5 Å². The van der Waals surface area contributed by atoms with E-state index in [9.17, 15) is 4.79 Å². The van der Waals surface area contributed by atoms with Gasteiger partial charge in [0, 0.05) is 29.4 Å². The van der Waals surface area contributed by atoms with E-state index in [1.165, 1.54) is 19.3 Å². The van der Waals surface area contributed by atoms with Gasteiger partial charge in [-0.1, -0.05) is 6.42 Å². The summed E-state index contributed by atoms with van der Waals surface area (Å²) in [4.78, 5) is 16.0. The predicted octanol–water partition coefficient (Wildman–Crippen LogP) is 0.578. The lowest BCUT2D eigenvalue weighted by Gasteiger charge is -2.60. The van der Waals surface area contributed by atoms with Gasteiger partial charge in [-0.2, -0.15) is 0 Å². The number of aromatic nitrogens is 2. The van der Waals surface area contributed by atoms with Gasteiger partial charge in [-0.05, 0) is 26.2 Å². The number of rotatable bonds is 3. The number of carbonyl (C=O) groups is 1. The molecule has 2 aliphatic rings. The third kappa shape index (κ3) is 1.65. The average molecular weight is 248 g/mol. The number of hydrogen-bond donors (Lipinski definition) is 2. The summed E-state index contributed by atoms with van der Waals surface area (Å²) in [5, 5.41) is 3.14. The Hall–Kier alpha value is -1.36. The molecule has 2 atom stereocenters. The SMILES string of the molecule is Cc1cncn1CC(=O)NC1CC(N)C12CCC2. The lowest BCUT2D eigenvalue weighted by Crippen LogP contribution is -2.70. The van der Waals surface area contributed by atoms with Crippen LogP contribution in [0.25, 0.3) is 0 Å². The maximum Gasteiger partial charge on any atom is 0.240 e. The summed E-state index contributed by atoms with van der Waals surface area (Å²) in [6.45, 7) is 2.31. The Kier molecular flexibility index (Phi) is 2.66. The maximum absolute atomic E-state index is 12.0. The fourth-order valence-electron chi connectivity index (χ4n) is 3.28. The second-order valence-corrected chi connectivity index (χ2v) is 5.71. The quantitative estimate of drug-likeness (QED) is 0.821. The first-order valence-corrected chi connectivity index (χ1v) is 6.63. The minimum atomic E-state index is 0.0688. The van der Waals surface area contributed by atoms with Crippen molar-refractivity contribution in [3.05, 3.63) is 18.2 Å². The van der Waals surface area contributed by atoms with Crippen LogP contribution in [-0.2, 0) is 11.3 Å². The topological polar surface area (TPSA) is 72.9 Å². The van der Waals surface area contributed by atoms with Gasteiger partial charge in [-0.3, -0.25) is 4.79 Å². The lowest BCUT2D eigenvalue weighted by molar-refractivity contribution is -0.128. The predicted molar refractivity (Wildman–Crippen MR) is 67.8 cm³/mol. The zero-order valence-electron chi connectivity index (χ0n) is 10.7. The largest absolute Gasteiger partial charge is 0.351 e. The van der Waals surface area contributed by atoms with E-state index < -0.39 is 0 Å². The number of imidazole rings is 1. The van der Waals surface area contributed by atoms with Gasteiger partial charge in [0.1, 0.15) is 6.54 Å². The zero-order valence-corrected chi connectivity index (χ0v) is 10.7. The van der Waals surface area contributed by atoms with Gasteiger partial charge < -0.3 is 15.6 Å². The first kappa shape index (κ1) is 11.7. The van der Waals surface area contributed by atoms with Crippen LogP contribution in [0.2, 0.25) is 0 Å². The minimum Gasteiger partial charge on any atom is -0.351 e. The highest BCUT2D eigenvalue weighted by molar-refractivity contribution is 5.76. The third-order valence-corrected chi connectivity index (χ3v) is 4.78. The molecule has 2 unspecified atom stereocenters. The normalized spacial score (nSPS) is 28.6. The second kappa shape index (κ2) is 4.09. The molecule has 0 aliphatic heterocycles. The Balaban J connectivity index is 1.58. The number of hydrogen-bond acceptors (Lipinski definition) is 3. The molecule has 0 saturated heterocycles. The Morgan fingerprint density at radius 1 is 1.67 bits per heavy atom. The molecule has 1 spiro atoms. The Labute approximate surface area is 107 Å². The van der Waals surface area contributed by atoms with Gasteiger partial charge in [0.25, 0.3) is 0 Å². The van der Waals surface area contributed by atoms with Crippen LogP contribution in [0, 0.1) is 12.3 Å². The molecule has 5 heteroatoms. The summed E-state index contributed by atoms with van der Waals surface area (Å²) in [7, 11) is 0. The van der Waals surface area contributed by atoms with Crippen molar-refractivity contribution in [2.45, 2.75) is 51.2 Å². The summed E-state index contributed by atoms with van der Waals surface area (Å²) in [6, 6.07) is 0.573. The van der Waals surface area contributed by atoms with E-state index in [0.29, 0.717) is 6.54 Å². The van der Waals surface area contributed by atoms with E-state index in [4.69, 9.17) is 5.73 Å². The molecule has 3 N–H and O–H groups in total. The van der Waals surface area contributed by atoms with Crippen molar-refractivity contribution in [3.8, 4) is 0 Å². The van der Waals surface area contributed by atoms with Crippen LogP contribution in [0.4, 0.5) is 0 Å². The van der Waals surface area contributed by atoms with E-state index in [0.717, 1.165) is 12.1 Å². The van der Waals surface area contributed by atoms with Crippen molar-refractivity contribution in [2.24, 2.45) is 11.1 Å². The fraction of sp³-hybridized carbons (Fsp3) is 0.692. The van der Waals surface area contributed by atoms with Gasteiger partial charge in [0.15, 0.2) is 0 Å². The maximum atomic E-state index is 12.0. The molecule has 5 nitrogen and oxygen atoms in total. The summed E-state index contributed by atoms with van der Waals surface area (Å²) >= 11 is 0. The van der Waals surface area contributed by atoms with Crippen molar-refractivity contribution in [1.29, 1.82) is 0 Å². The van der Waals surface area contributed by atoms with Crippen LogP contribution in [0.1, 0.15) is 31.4 Å². The Bertz CT molecular complexity index is 463. The fourth-order valence-corrected chi connectivity index (χ4v) is 3.28. The van der Waals surface area contributed by atoms with Crippen molar-refractivity contribution in [1.82, 2.24) is 14.9 Å². The molecule has 1 amide bonds. The van der Waals surface area contributed by atoms with Crippen molar-refractivity contribution < 1.29 is 4.79 Å². The Morgan fingerprint density at radius 2 is 2.44 bits per heavy atom. The molecule has 1 aromatic heterocycles. The average Bonchev–Trinajstić information content (AvgIpc) is 2.61. The molecular weight excluding hydrogens is 228 g/mol. The summed E-state index contributed by atoms with van der Waals surface area (Å²) in [5.74, 6) is 0.0688. The van der Waals surface area contributed by atoms with E-state index in [-0.39, 0.29) is 23.4 Å². The third-order valence-electron chi connectivity index (χ3n) is 4.78. The van der Waals surface area contributed by atoms with Crippen molar-refractivity contribution in [3.63, 3.8) is 0 Å².